The van der Waals surface area contributed by atoms with E-state index in [4.69, 9.17) is 0 Å². The molecule has 1 aromatic rings. The molecule has 1 rings (SSSR count). The summed E-state index contributed by atoms with van der Waals surface area (Å²) in [4.78, 5) is 0. The maximum Gasteiger partial charge on any atom is 0.126 e. The maximum atomic E-state index is 13.0. The molecule has 0 saturated heterocycles. The fourth-order valence-electron chi connectivity index (χ4n) is 1.03. The normalized spacial score (nSPS) is 10.2. The quantitative estimate of drug-likeness (QED) is 0.633. The van der Waals surface area contributed by atoms with Crippen LogP contribution in [0.5, 0.6) is 0 Å². The van der Waals surface area contributed by atoms with Crippen molar-refractivity contribution in [3.05, 3.63) is 34.6 Å². The standard InChI is InChI=1S/C9H10BrF/c1-6-3-8(5-10)7(2)9(11)4-6/h3-4H,5H2,1-2H3. The summed E-state index contributed by atoms with van der Waals surface area (Å²) in [5, 5.41) is 0.720. The van der Waals surface area contributed by atoms with E-state index in [1.807, 2.05) is 13.0 Å². The van der Waals surface area contributed by atoms with Crippen molar-refractivity contribution in [3.8, 4) is 0 Å². The van der Waals surface area contributed by atoms with Crippen LogP contribution in [0.4, 0.5) is 4.39 Å². The molecule has 0 spiro atoms. The summed E-state index contributed by atoms with van der Waals surface area (Å²) in [5.41, 5.74) is 2.75. The van der Waals surface area contributed by atoms with E-state index in [0.717, 1.165) is 22.0 Å². The molecule has 11 heavy (non-hydrogen) atoms. The van der Waals surface area contributed by atoms with Crippen LogP contribution in [0, 0.1) is 19.7 Å². The second-order valence-corrected chi connectivity index (χ2v) is 3.23. The lowest BCUT2D eigenvalue weighted by molar-refractivity contribution is 0.615. The summed E-state index contributed by atoms with van der Waals surface area (Å²) in [7, 11) is 0. The molecular formula is C9H10BrF. The van der Waals surface area contributed by atoms with Gasteiger partial charge in [0.25, 0.3) is 0 Å². The van der Waals surface area contributed by atoms with Gasteiger partial charge in [0.2, 0.25) is 0 Å². The van der Waals surface area contributed by atoms with Crippen molar-refractivity contribution in [1.29, 1.82) is 0 Å². The Balaban J connectivity index is 3.24. The van der Waals surface area contributed by atoms with Crippen LogP contribution < -0.4 is 0 Å². The Morgan fingerprint density at radius 3 is 2.55 bits per heavy atom. The maximum absolute atomic E-state index is 13.0. The van der Waals surface area contributed by atoms with E-state index in [-0.39, 0.29) is 5.82 Å². The van der Waals surface area contributed by atoms with Gasteiger partial charge in [0.1, 0.15) is 5.82 Å². The highest BCUT2D eigenvalue weighted by molar-refractivity contribution is 9.08. The van der Waals surface area contributed by atoms with E-state index in [1.54, 1.807) is 13.0 Å². The number of benzene rings is 1. The number of hydrogen-bond acceptors (Lipinski definition) is 0. The SMILES string of the molecule is Cc1cc(F)c(C)c(CBr)c1. The van der Waals surface area contributed by atoms with Crippen molar-refractivity contribution in [2.75, 3.05) is 0 Å². The highest BCUT2D eigenvalue weighted by Gasteiger charge is 2.02. The molecule has 0 bridgehead atoms. The molecular weight excluding hydrogens is 207 g/mol. The Morgan fingerprint density at radius 2 is 2.00 bits per heavy atom. The van der Waals surface area contributed by atoms with Crippen LogP contribution in [0.15, 0.2) is 12.1 Å². The van der Waals surface area contributed by atoms with Crippen LogP contribution in [-0.2, 0) is 5.33 Å². The highest BCUT2D eigenvalue weighted by Crippen LogP contribution is 2.17. The van der Waals surface area contributed by atoms with Gasteiger partial charge >= 0.3 is 0 Å². The molecule has 0 nitrogen and oxygen atoms in total. The molecule has 0 aliphatic rings. The molecule has 0 heterocycles. The largest absolute Gasteiger partial charge is 0.207 e. The third-order valence-corrected chi connectivity index (χ3v) is 2.34. The molecule has 0 saturated carbocycles. The van der Waals surface area contributed by atoms with Crippen molar-refractivity contribution in [2.45, 2.75) is 19.2 Å². The molecule has 0 fully saturated rings. The number of aryl methyl sites for hydroxylation is 1. The molecule has 2 heteroatoms. The lowest BCUT2D eigenvalue weighted by Gasteiger charge is -2.04. The Hall–Kier alpha value is -0.370. The van der Waals surface area contributed by atoms with Crippen LogP contribution in [0.25, 0.3) is 0 Å². The molecule has 1 aromatic carbocycles. The predicted octanol–water partition coefficient (Wildman–Crippen LogP) is 3.34. The van der Waals surface area contributed by atoms with Gasteiger partial charge in [-0.3, -0.25) is 0 Å². The summed E-state index contributed by atoms with van der Waals surface area (Å²) < 4.78 is 13.0. The van der Waals surface area contributed by atoms with E-state index in [1.165, 1.54) is 0 Å². The van der Waals surface area contributed by atoms with Gasteiger partial charge < -0.3 is 0 Å². The second-order valence-electron chi connectivity index (χ2n) is 2.66. The van der Waals surface area contributed by atoms with Crippen LogP contribution in [0.2, 0.25) is 0 Å². The zero-order valence-electron chi connectivity index (χ0n) is 6.62. The van der Waals surface area contributed by atoms with Gasteiger partial charge in [-0.15, -0.1) is 0 Å². The number of alkyl halides is 1. The molecule has 0 N–H and O–H groups in total. The summed E-state index contributed by atoms with van der Waals surface area (Å²) in [5.74, 6) is -0.112. The minimum atomic E-state index is -0.112. The second kappa shape index (κ2) is 3.35. The predicted molar refractivity (Wildman–Crippen MR) is 48.5 cm³/mol. The van der Waals surface area contributed by atoms with Crippen molar-refractivity contribution in [3.63, 3.8) is 0 Å². The number of hydrogen-bond donors (Lipinski definition) is 0. The van der Waals surface area contributed by atoms with Crippen molar-refractivity contribution in [1.82, 2.24) is 0 Å². The van der Waals surface area contributed by atoms with Gasteiger partial charge in [-0.25, -0.2) is 4.39 Å². The van der Waals surface area contributed by atoms with E-state index in [9.17, 15) is 4.39 Å². The fraction of sp³-hybridized carbons (Fsp3) is 0.333. The van der Waals surface area contributed by atoms with Gasteiger partial charge in [-0.05, 0) is 36.6 Å². The Bertz CT molecular complexity index is 269. The molecule has 0 amide bonds. The zero-order valence-corrected chi connectivity index (χ0v) is 8.20. The number of halogens is 2. The summed E-state index contributed by atoms with van der Waals surface area (Å²) >= 11 is 3.31. The van der Waals surface area contributed by atoms with Gasteiger partial charge in [-0.1, -0.05) is 22.0 Å². The van der Waals surface area contributed by atoms with Crippen LogP contribution in [0.1, 0.15) is 16.7 Å². The minimum absolute atomic E-state index is 0.112. The average molecular weight is 217 g/mol. The molecule has 0 unspecified atom stereocenters. The molecule has 0 aromatic heterocycles. The summed E-state index contributed by atoms with van der Waals surface area (Å²) in [6, 6.07) is 3.55. The fourth-order valence-corrected chi connectivity index (χ4v) is 1.61. The first kappa shape index (κ1) is 8.72. The minimum Gasteiger partial charge on any atom is -0.207 e. The van der Waals surface area contributed by atoms with Crippen molar-refractivity contribution < 1.29 is 4.39 Å². The molecule has 0 radical (unpaired) electrons. The lowest BCUT2D eigenvalue weighted by Crippen LogP contribution is -1.91. The average Bonchev–Trinajstić information content (AvgIpc) is 1.96. The van der Waals surface area contributed by atoms with E-state index in [0.29, 0.717) is 0 Å². The van der Waals surface area contributed by atoms with Gasteiger partial charge in [0, 0.05) is 5.33 Å². The topological polar surface area (TPSA) is 0 Å². The molecule has 0 aliphatic heterocycles. The first-order valence-electron chi connectivity index (χ1n) is 3.46. The Kier molecular flexibility index (Phi) is 2.66. The van der Waals surface area contributed by atoms with Crippen molar-refractivity contribution in [2.24, 2.45) is 0 Å². The van der Waals surface area contributed by atoms with E-state index < -0.39 is 0 Å². The third kappa shape index (κ3) is 1.80. The number of rotatable bonds is 1. The molecule has 0 aliphatic carbocycles. The van der Waals surface area contributed by atoms with Crippen LogP contribution in [-0.4, -0.2) is 0 Å². The van der Waals surface area contributed by atoms with E-state index in [2.05, 4.69) is 15.9 Å². The van der Waals surface area contributed by atoms with Crippen LogP contribution in [0.3, 0.4) is 0 Å². The molecule has 60 valence electrons. The zero-order chi connectivity index (χ0) is 8.43. The Morgan fingerprint density at radius 1 is 1.36 bits per heavy atom. The molecule has 0 atom stereocenters. The van der Waals surface area contributed by atoms with Gasteiger partial charge in [0.05, 0.1) is 0 Å². The van der Waals surface area contributed by atoms with Gasteiger partial charge in [0.15, 0.2) is 0 Å². The first-order valence-corrected chi connectivity index (χ1v) is 4.59. The van der Waals surface area contributed by atoms with Crippen molar-refractivity contribution >= 4 is 15.9 Å². The summed E-state index contributed by atoms with van der Waals surface area (Å²) in [6.07, 6.45) is 0. The monoisotopic (exact) mass is 216 g/mol. The summed E-state index contributed by atoms with van der Waals surface area (Å²) in [6.45, 7) is 3.69. The van der Waals surface area contributed by atoms with E-state index >= 15 is 0 Å². The van der Waals surface area contributed by atoms with Gasteiger partial charge in [-0.2, -0.15) is 0 Å². The smallest absolute Gasteiger partial charge is 0.126 e. The lowest BCUT2D eigenvalue weighted by atomic mass is 10.1. The highest BCUT2D eigenvalue weighted by atomic mass is 79.9. The first-order chi connectivity index (χ1) is 5.15. The van der Waals surface area contributed by atoms with Crippen LogP contribution >= 0.6 is 15.9 Å². The third-order valence-electron chi connectivity index (χ3n) is 1.74. The Labute approximate surface area is 74.6 Å².